The highest BCUT2D eigenvalue weighted by Crippen LogP contribution is 2.30. The van der Waals surface area contributed by atoms with Crippen LogP contribution in [0.2, 0.25) is 0 Å². The molecule has 9 nitrogen and oxygen atoms in total. The molecule has 1 atom stereocenters. The van der Waals surface area contributed by atoms with Gasteiger partial charge in [0.25, 0.3) is 15.9 Å². The number of sulfonamides is 1. The summed E-state index contributed by atoms with van der Waals surface area (Å²) in [5.74, 6) is -0.444. The standard InChI is InChI=1S/C19H17N3O6S3/c23-15-9-11-22(18(15)24)13-5-7-14(8-6-13)30(25,26)16-3-1-2-4-17(16)31(27,28)21-19-20-10-12-29-19/h1-8,10,12,15,23H,9,11H2,(H,20,21). The van der Waals surface area contributed by atoms with Gasteiger partial charge in [0.15, 0.2) is 5.13 Å². The number of hydrogen-bond donors (Lipinski definition) is 2. The van der Waals surface area contributed by atoms with Crippen LogP contribution in [0.25, 0.3) is 0 Å². The summed E-state index contributed by atoms with van der Waals surface area (Å²) in [5.41, 5.74) is 0.451. The fourth-order valence-electron chi connectivity index (χ4n) is 3.19. The molecule has 2 N–H and O–H groups in total. The largest absolute Gasteiger partial charge is 0.383 e. The summed E-state index contributed by atoms with van der Waals surface area (Å²) in [6.07, 6.45) is 0.665. The van der Waals surface area contributed by atoms with Gasteiger partial charge in [-0.05, 0) is 36.4 Å². The van der Waals surface area contributed by atoms with Crippen LogP contribution >= 0.6 is 11.3 Å². The molecule has 0 saturated carbocycles. The van der Waals surface area contributed by atoms with Gasteiger partial charge in [0, 0.05) is 30.2 Å². The van der Waals surface area contributed by atoms with Crippen molar-refractivity contribution < 1.29 is 26.7 Å². The van der Waals surface area contributed by atoms with Gasteiger partial charge in [-0.15, -0.1) is 11.3 Å². The van der Waals surface area contributed by atoms with Crippen LogP contribution in [-0.2, 0) is 24.7 Å². The van der Waals surface area contributed by atoms with E-state index in [4.69, 9.17) is 0 Å². The van der Waals surface area contributed by atoms with E-state index in [1.165, 1.54) is 59.6 Å². The van der Waals surface area contributed by atoms with Gasteiger partial charge in [-0.3, -0.25) is 9.52 Å². The van der Waals surface area contributed by atoms with Crippen molar-refractivity contribution in [3.05, 3.63) is 60.1 Å². The Morgan fingerprint density at radius 2 is 1.71 bits per heavy atom. The molecule has 1 aliphatic rings. The fraction of sp³-hybridized carbons (Fsp3) is 0.158. The number of rotatable bonds is 6. The van der Waals surface area contributed by atoms with E-state index in [0.717, 1.165) is 11.3 Å². The first-order valence-electron chi connectivity index (χ1n) is 9.06. The zero-order valence-corrected chi connectivity index (χ0v) is 18.3. The monoisotopic (exact) mass is 479 g/mol. The average Bonchev–Trinajstić information content (AvgIpc) is 3.38. The molecule has 2 aromatic carbocycles. The van der Waals surface area contributed by atoms with Crippen molar-refractivity contribution in [2.45, 2.75) is 27.2 Å². The number of amides is 1. The maximum absolute atomic E-state index is 13.2. The molecule has 1 unspecified atom stereocenters. The van der Waals surface area contributed by atoms with Gasteiger partial charge in [-0.2, -0.15) is 0 Å². The molecule has 4 rings (SSSR count). The van der Waals surface area contributed by atoms with E-state index in [2.05, 4.69) is 9.71 Å². The second-order valence-electron chi connectivity index (χ2n) is 6.68. The van der Waals surface area contributed by atoms with Crippen molar-refractivity contribution in [3.8, 4) is 0 Å². The Bertz CT molecular complexity index is 1320. The topological polar surface area (TPSA) is 134 Å². The van der Waals surface area contributed by atoms with E-state index in [9.17, 15) is 26.7 Å². The van der Waals surface area contributed by atoms with Gasteiger partial charge in [0.05, 0.1) is 9.79 Å². The van der Waals surface area contributed by atoms with E-state index in [0.29, 0.717) is 18.7 Å². The smallest absolute Gasteiger partial charge is 0.264 e. The summed E-state index contributed by atoms with van der Waals surface area (Å²) in [6.45, 7) is 0.329. The quantitative estimate of drug-likeness (QED) is 0.551. The number of nitrogens with zero attached hydrogens (tertiary/aromatic N) is 2. The lowest BCUT2D eigenvalue weighted by atomic mass is 10.3. The van der Waals surface area contributed by atoms with Crippen molar-refractivity contribution in [1.29, 1.82) is 0 Å². The van der Waals surface area contributed by atoms with Crippen LogP contribution in [0.4, 0.5) is 10.8 Å². The predicted octanol–water partition coefficient (Wildman–Crippen LogP) is 1.87. The fourth-order valence-corrected chi connectivity index (χ4v) is 7.07. The van der Waals surface area contributed by atoms with Crippen LogP contribution in [0.3, 0.4) is 0 Å². The van der Waals surface area contributed by atoms with Gasteiger partial charge in [-0.1, -0.05) is 12.1 Å². The molecule has 0 radical (unpaired) electrons. The Morgan fingerprint density at radius 3 is 2.29 bits per heavy atom. The van der Waals surface area contributed by atoms with Crippen molar-refractivity contribution >= 4 is 47.9 Å². The minimum atomic E-state index is -4.20. The number of benzene rings is 2. The number of carbonyl (C=O) groups excluding carboxylic acids is 1. The molecule has 1 aromatic heterocycles. The number of aliphatic hydroxyl groups is 1. The summed E-state index contributed by atoms with van der Waals surface area (Å²) in [5, 5.41) is 11.3. The summed E-state index contributed by atoms with van der Waals surface area (Å²) >= 11 is 1.07. The Balaban J connectivity index is 1.69. The minimum absolute atomic E-state index is 0.119. The summed E-state index contributed by atoms with van der Waals surface area (Å²) < 4.78 is 54.4. The third-order valence-corrected chi connectivity index (χ3v) is 8.89. The molecule has 0 bridgehead atoms. The second-order valence-corrected chi connectivity index (χ2v) is 11.1. The van der Waals surface area contributed by atoms with Crippen LogP contribution in [0.5, 0.6) is 0 Å². The van der Waals surface area contributed by atoms with Crippen molar-refractivity contribution in [1.82, 2.24) is 4.98 Å². The minimum Gasteiger partial charge on any atom is -0.383 e. The summed E-state index contributed by atoms with van der Waals surface area (Å²) in [6, 6.07) is 10.8. The predicted molar refractivity (Wildman–Crippen MR) is 114 cm³/mol. The first-order chi connectivity index (χ1) is 14.7. The first kappa shape index (κ1) is 21.4. The van der Waals surface area contributed by atoms with E-state index >= 15 is 0 Å². The van der Waals surface area contributed by atoms with Crippen LogP contribution in [0.15, 0.2) is 74.8 Å². The van der Waals surface area contributed by atoms with Gasteiger partial charge in [0.2, 0.25) is 9.84 Å². The van der Waals surface area contributed by atoms with Crippen LogP contribution in [-0.4, -0.2) is 45.5 Å². The number of aromatic nitrogens is 1. The molecule has 1 aliphatic heterocycles. The highest BCUT2D eigenvalue weighted by molar-refractivity contribution is 7.95. The number of carbonyl (C=O) groups is 1. The number of aliphatic hydroxyl groups excluding tert-OH is 1. The number of anilines is 2. The van der Waals surface area contributed by atoms with Crippen molar-refractivity contribution in [2.24, 2.45) is 0 Å². The van der Waals surface area contributed by atoms with Crippen LogP contribution in [0.1, 0.15) is 6.42 Å². The molecule has 0 aliphatic carbocycles. The number of sulfone groups is 1. The zero-order valence-electron chi connectivity index (χ0n) is 15.9. The maximum atomic E-state index is 13.2. The van der Waals surface area contributed by atoms with Crippen molar-refractivity contribution in [2.75, 3.05) is 16.2 Å². The molecule has 1 amide bonds. The third kappa shape index (κ3) is 4.06. The number of nitrogens with one attached hydrogen (secondary N) is 1. The highest BCUT2D eigenvalue weighted by atomic mass is 32.2. The zero-order chi connectivity index (χ0) is 22.2. The third-order valence-electron chi connectivity index (χ3n) is 4.72. The molecule has 2 heterocycles. The molecule has 1 saturated heterocycles. The molecule has 12 heteroatoms. The lowest BCUT2D eigenvalue weighted by Crippen LogP contribution is -2.29. The SMILES string of the molecule is O=C1C(O)CCN1c1ccc(S(=O)(=O)c2ccccc2S(=O)(=O)Nc2nccs2)cc1. The maximum Gasteiger partial charge on any atom is 0.264 e. The summed E-state index contributed by atoms with van der Waals surface area (Å²) in [4.78, 5) is 16.3. The van der Waals surface area contributed by atoms with Crippen LogP contribution in [0, 0.1) is 0 Å². The van der Waals surface area contributed by atoms with E-state index in [1.54, 1.807) is 5.38 Å². The first-order valence-corrected chi connectivity index (χ1v) is 12.9. The molecule has 3 aromatic rings. The van der Waals surface area contributed by atoms with Crippen molar-refractivity contribution in [3.63, 3.8) is 0 Å². The van der Waals surface area contributed by atoms with Gasteiger partial charge >= 0.3 is 0 Å². The highest BCUT2D eigenvalue weighted by Gasteiger charge is 2.32. The summed E-state index contributed by atoms with van der Waals surface area (Å²) in [7, 11) is -8.39. The lowest BCUT2D eigenvalue weighted by molar-refractivity contribution is -0.123. The van der Waals surface area contributed by atoms with Crippen LogP contribution < -0.4 is 9.62 Å². The lowest BCUT2D eigenvalue weighted by Gasteiger charge is -2.16. The van der Waals surface area contributed by atoms with E-state index in [1.807, 2.05) is 0 Å². The molecular weight excluding hydrogens is 462 g/mol. The van der Waals surface area contributed by atoms with E-state index in [-0.39, 0.29) is 14.9 Å². The average molecular weight is 480 g/mol. The molecule has 1 fully saturated rings. The Labute approximate surface area is 183 Å². The Kier molecular flexibility index (Phi) is 5.56. The molecule has 31 heavy (non-hydrogen) atoms. The molecule has 162 valence electrons. The normalized spacial score (nSPS) is 17.1. The second kappa shape index (κ2) is 8.04. The number of hydrogen-bond acceptors (Lipinski definition) is 8. The molecular formula is C19H17N3O6S3. The van der Waals surface area contributed by atoms with Gasteiger partial charge < -0.3 is 10.0 Å². The molecule has 0 spiro atoms. The Hall–Kier alpha value is -2.80. The van der Waals surface area contributed by atoms with Gasteiger partial charge in [-0.25, -0.2) is 21.8 Å². The van der Waals surface area contributed by atoms with Gasteiger partial charge in [0.1, 0.15) is 11.0 Å². The Morgan fingerprint density at radius 1 is 1.03 bits per heavy atom. The van der Waals surface area contributed by atoms with E-state index < -0.39 is 36.8 Å². The number of thiazole rings is 1.